The van der Waals surface area contributed by atoms with Crippen LogP contribution in [-0.4, -0.2) is 47.7 Å². The summed E-state index contributed by atoms with van der Waals surface area (Å²) in [5.74, 6) is -0.0109. The number of halogens is 3. The second-order valence-corrected chi connectivity index (χ2v) is 5.52. The summed E-state index contributed by atoms with van der Waals surface area (Å²) in [7, 11) is 1.15. The number of aryl methyl sites for hydroxylation is 1. The van der Waals surface area contributed by atoms with E-state index in [9.17, 15) is 22.8 Å². The Bertz CT molecular complexity index is 616. The minimum absolute atomic E-state index is 0.0109. The highest BCUT2D eigenvalue weighted by Gasteiger charge is 2.39. The number of carbonyl (C=O) groups is 2. The number of anilines is 1. The predicted octanol–water partition coefficient (Wildman–Crippen LogP) is 2.59. The number of rotatable bonds is 3. The van der Waals surface area contributed by atoms with Crippen LogP contribution in [0.2, 0.25) is 0 Å². The number of aliphatic hydroxyl groups is 1. The Morgan fingerprint density at radius 3 is 2.74 bits per heavy atom. The average Bonchev–Trinajstić information content (AvgIpc) is 2.47. The number of alkyl halides is 3. The maximum absolute atomic E-state index is 12.3. The van der Waals surface area contributed by atoms with Crippen molar-refractivity contribution in [3.05, 3.63) is 29.3 Å². The Morgan fingerprint density at radius 1 is 1.39 bits per heavy atom. The number of nitrogens with one attached hydrogen (secondary N) is 1. The molecule has 1 aromatic carbocycles. The van der Waals surface area contributed by atoms with Gasteiger partial charge in [-0.05, 0) is 30.5 Å². The van der Waals surface area contributed by atoms with E-state index in [1.165, 1.54) is 6.07 Å². The minimum Gasteiger partial charge on any atom is -0.382 e. The lowest BCUT2D eigenvalue weighted by atomic mass is 9.90. The highest BCUT2D eigenvalue weighted by Crippen LogP contribution is 2.25. The van der Waals surface area contributed by atoms with Crippen molar-refractivity contribution in [2.24, 2.45) is 0 Å². The molecule has 0 saturated carbocycles. The first-order valence-electron chi connectivity index (χ1n) is 7.11. The summed E-state index contributed by atoms with van der Waals surface area (Å²) in [5.41, 5.74) is 1.77. The molecule has 0 radical (unpaired) electrons. The summed E-state index contributed by atoms with van der Waals surface area (Å²) < 4.78 is 36.9. The standard InChI is InChI=1S/C15H17F3N2O3/c1-20(8-13(22)15(16,17)18)14(23)19-10-6-5-9-3-2-4-12(21)11(9)7-10/h5-7,13,22H,2-4,8H2,1H3,(H,19,23)/t13-/m0/s1. The molecule has 0 saturated heterocycles. The third-order valence-corrected chi connectivity index (χ3v) is 3.68. The monoisotopic (exact) mass is 330 g/mol. The fourth-order valence-electron chi connectivity index (χ4n) is 2.37. The van der Waals surface area contributed by atoms with Gasteiger partial charge in [0.05, 0.1) is 6.54 Å². The Labute approximate surface area is 131 Å². The number of likely N-dealkylation sites (N-methyl/N-ethyl adjacent to an activating group) is 1. The number of Topliss-reactive ketones (excluding diaryl/α,β-unsaturated/α-hetero) is 1. The third kappa shape index (κ3) is 4.22. The molecule has 1 atom stereocenters. The topological polar surface area (TPSA) is 69.6 Å². The average molecular weight is 330 g/mol. The first-order valence-corrected chi connectivity index (χ1v) is 7.11. The molecular formula is C15H17F3N2O3. The van der Waals surface area contributed by atoms with Gasteiger partial charge in [0.1, 0.15) is 0 Å². The molecule has 0 unspecified atom stereocenters. The number of fused-ring (bicyclic) bond motifs is 1. The van der Waals surface area contributed by atoms with Gasteiger partial charge >= 0.3 is 12.2 Å². The molecule has 2 amide bonds. The van der Waals surface area contributed by atoms with Gasteiger partial charge in [0, 0.05) is 24.7 Å². The smallest absolute Gasteiger partial charge is 0.382 e. The highest BCUT2D eigenvalue weighted by atomic mass is 19.4. The molecule has 1 aliphatic carbocycles. The van der Waals surface area contributed by atoms with Crippen molar-refractivity contribution in [1.29, 1.82) is 0 Å². The summed E-state index contributed by atoms with van der Waals surface area (Å²) in [6.45, 7) is -0.876. The molecule has 2 N–H and O–H groups in total. The van der Waals surface area contributed by atoms with Crippen LogP contribution in [0.15, 0.2) is 18.2 Å². The van der Waals surface area contributed by atoms with Crippen molar-refractivity contribution in [3.8, 4) is 0 Å². The van der Waals surface area contributed by atoms with Crippen molar-refractivity contribution in [3.63, 3.8) is 0 Å². The van der Waals surface area contributed by atoms with Crippen molar-refractivity contribution in [1.82, 2.24) is 4.90 Å². The van der Waals surface area contributed by atoms with Gasteiger partial charge in [-0.3, -0.25) is 4.79 Å². The van der Waals surface area contributed by atoms with Crippen LogP contribution in [0.3, 0.4) is 0 Å². The summed E-state index contributed by atoms with van der Waals surface area (Å²) in [6, 6.07) is 4.06. The number of urea groups is 1. The quantitative estimate of drug-likeness (QED) is 0.895. The molecule has 0 aromatic heterocycles. The van der Waals surface area contributed by atoms with Crippen LogP contribution < -0.4 is 5.32 Å². The van der Waals surface area contributed by atoms with Gasteiger partial charge in [-0.25, -0.2) is 4.79 Å². The van der Waals surface area contributed by atoms with E-state index in [2.05, 4.69) is 5.32 Å². The van der Waals surface area contributed by atoms with E-state index < -0.39 is 24.9 Å². The second-order valence-electron chi connectivity index (χ2n) is 5.52. The largest absolute Gasteiger partial charge is 0.416 e. The number of ketones is 1. The zero-order valence-electron chi connectivity index (χ0n) is 12.5. The molecule has 1 aromatic rings. The molecule has 23 heavy (non-hydrogen) atoms. The lowest BCUT2D eigenvalue weighted by molar-refractivity contribution is -0.205. The van der Waals surface area contributed by atoms with Crippen molar-refractivity contribution < 1.29 is 27.9 Å². The first-order chi connectivity index (χ1) is 10.7. The van der Waals surface area contributed by atoms with Gasteiger partial charge in [-0.1, -0.05) is 6.07 Å². The third-order valence-electron chi connectivity index (χ3n) is 3.68. The van der Waals surface area contributed by atoms with Crippen molar-refractivity contribution >= 4 is 17.5 Å². The van der Waals surface area contributed by atoms with Gasteiger partial charge in [0.2, 0.25) is 0 Å². The fourth-order valence-corrected chi connectivity index (χ4v) is 2.37. The summed E-state index contributed by atoms with van der Waals surface area (Å²) in [6.07, 6.45) is -5.37. The van der Waals surface area contributed by atoms with Crippen LogP contribution in [0.1, 0.15) is 28.8 Å². The van der Waals surface area contributed by atoms with Crippen LogP contribution in [-0.2, 0) is 6.42 Å². The molecule has 0 heterocycles. The number of carbonyl (C=O) groups excluding carboxylic acids is 2. The van der Waals surface area contributed by atoms with Gasteiger partial charge in [-0.15, -0.1) is 0 Å². The molecular weight excluding hydrogens is 313 g/mol. The van der Waals surface area contributed by atoms with Gasteiger partial charge < -0.3 is 15.3 Å². The molecule has 0 fully saturated rings. The van der Waals surface area contributed by atoms with Crippen LogP contribution in [0.25, 0.3) is 0 Å². The zero-order chi connectivity index (χ0) is 17.2. The molecule has 2 rings (SSSR count). The number of hydrogen-bond acceptors (Lipinski definition) is 3. The van der Waals surface area contributed by atoms with E-state index in [0.717, 1.165) is 30.4 Å². The van der Waals surface area contributed by atoms with E-state index in [0.29, 0.717) is 17.7 Å². The van der Waals surface area contributed by atoms with E-state index >= 15 is 0 Å². The van der Waals surface area contributed by atoms with E-state index in [4.69, 9.17) is 5.11 Å². The number of nitrogens with zero attached hydrogens (tertiary/aromatic N) is 1. The van der Waals surface area contributed by atoms with Crippen molar-refractivity contribution in [2.45, 2.75) is 31.5 Å². The molecule has 5 nitrogen and oxygen atoms in total. The highest BCUT2D eigenvalue weighted by molar-refractivity contribution is 6.00. The summed E-state index contributed by atoms with van der Waals surface area (Å²) in [5, 5.41) is 11.4. The van der Waals surface area contributed by atoms with E-state index in [1.54, 1.807) is 12.1 Å². The maximum atomic E-state index is 12.3. The Morgan fingerprint density at radius 2 is 2.09 bits per heavy atom. The zero-order valence-corrected chi connectivity index (χ0v) is 12.5. The first kappa shape index (κ1) is 17.3. The Kier molecular flexibility index (Phi) is 4.93. The van der Waals surface area contributed by atoms with E-state index in [-0.39, 0.29) is 5.78 Å². The molecule has 0 aliphatic heterocycles. The second kappa shape index (κ2) is 6.57. The van der Waals surface area contributed by atoms with E-state index in [1.807, 2.05) is 0 Å². The van der Waals surface area contributed by atoms with Gasteiger partial charge in [0.25, 0.3) is 0 Å². The number of benzene rings is 1. The Balaban J connectivity index is 2.03. The SMILES string of the molecule is CN(C[C@H](O)C(F)(F)F)C(=O)Nc1ccc2c(c1)C(=O)CCC2. The predicted molar refractivity (Wildman–Crippen MR) is 77.4 cm³/mol. The van der Waals surface area contributed by atoms with Gasteiger partial charge in [-0.2, -0.15) is 13.2 Å². The summed E-state index contributed by atoms with van der Waals surface area (Å²) in [4.78, 5) is 24.4. The maximum Gasteiger partial charge on any atom is 0.416 e. The van der Waals surface area contributed by atoms with Crippen LogP contribution in [0.5, 0.6) is 0 Å². The molecule has 0 bridgehead atoms. The van der Waals surface area contributed by atoms with Crippen LogP contribution in [0.4, 0.5) is 23.7 Å². The molecule has 126 valence electrons. The van der Waals surface area contributed by atoms with Crippen LogP contribution in [0, 0.1) is 0 Å². The lowest BCUT2D eigenvalue weighted by Crippen LogP contribution is -2.43. The molecule has 0 spiro atoms. The molecule has 8 heteroatoms. The number of amides is 2. The van der Waals surface area contributed by atoms with Gasteiger partial charge in [0.15, 0.2) is 11.9 Å². The Hall–Kier alpha value is -2.09. The van der Waals surface area contributed by atoms with Crippen molar-refractivity contribution in [2.75, 3.05) is 18.9 Å². The number of aliphatic hydroxyl groups excluding tert-OH is 1. The lowest BCUT2D eigenvalue weighted by Gasteiger charge is -2.23. The van der Waals surface area contributed by atoms with Crippen LogP contribution >= 0.6 is 0 Å². The fraction of sp³-hybridized carbons (Fsp3) is 0.467. The normalized spacial score (nSPS) is 15.8. The molecule has 1 aliphatic rings. The minimum atomic E-state index is -4.78. The number of hydrogen-bond donors (Lipinski definition) is 2. The summed E-state index contributed by atoms with van der Waals surface area (Å²) >= 11 is 0.